The van der Waals surface area contributed by atoms with Crippen molar-refractivity contribution in [3.63, 3.8) is 0 Å². The molecule has 0 spiro atoms. The van der Waals surface area contributed by atoms with E-state index in [1.54, 1.807) is 12.3 Å². The summed E-state index contributed by atoms with van der Waals surface area (Å²) in [5.41, 5.74) is 7.77. The van der Waals surface area contributed by atoms with Crippen LogP contribution in [0.4, 0.5) is 4.39 Å². The van der Waals surface area contributed by atoms with Crippen molar-refractivity contribution in [1.82, 2.24) is 39.8 Å². The van der Waals surface area contributed by atoms with Gasteiger partial charge in [-0.25, -0.2) is 9.37 Å². The van der Waals surface area contributed by atoms with Crippen LogP contribution in [-0.4, -0.2) is 59.5 Å². The fraction of sp³-hybridized carbons (Fsp3) is 0.333. The number of pyridine rings is 1. The van der Waals surface area contributed by atoms with Gasteiger partial charge in [-0.15, -0.1) is 0 Å². The van der Waals surface area contributed by atoms with Crippen molar-refractivity contribution in [2.75, 3.05) is 19.6 Å². The van der Waals surface area contributed by atoms with Crippen LogP contribution in [0.15, 0.2) is 42.7 Å². The molecule has 2 N–H and O–H groups in total. The minimum absolute atomic E-state index is 0.258. The molecule has 4 aromatic heterocycles. The van der Waals surface area contributed by atoms with Gasteiger partial charge < -0.3 is 9.88 Å². The van der Waals surface area contributed by atoms with E-state index >= 15 is 0 Å². The largest absolute Gasteiger partial charge is 0.336 e. The normalized spacial score (nSPS) is 15.0. The molecule has 1 aliphatic heterocycles. The number of likely N-dealkylation sites (tertiary alicyclic amines) is 1. The molecule has 5 heterocycles. The topological polar surface area (TPSA) is 91.3 Å². The molecule has 5 aromatic rings. The summed E-state index contributed by atoms with van der Waals surface area (Å²) in [5.74, 6) is 0.329. The van der Waals surface area contributed by atoms with Gasteiger partial charge in [-0.3, -0.25) is 14.8 Å². The Bertz CT molecular complexity index is 1870. The number of hydrogen-bond acceptors (Lipinski definition) is 5. The van der Waals surface area contributed by atoms with Crippen LogP contribution in [0.25, 0.3) is 52.0 Å². The quantitative estimate of drug-likeness (QED) is 0.269. The summed E-state index contributed by atoms with van der Waals surface area (Å²) < 4.78 is 16.6. The van der Waals surface area contributed by atoms with Gasteiger partial charge in [0.1, 0.15) is 17.0 Å². The lowest BCUT2D eigenvalue weighted by atomic mass is 10.0. The standard InChI is InChI=1S/C33H37FN8/c1-5-27-26(20-41(4)40-27)21(2)10-11-28-22(3)30(39-38-28)33-36-29-12-13-35-31(32(29)37-33)24-17-23(18-25(34)19-24)9-8-16-42-14-6-7-15-42/h10-13,17-20,38H,3,5-9,14-16H2,1-2,4H3,(H,36,37)/b21-10+,28-11+. The first-order chi connectivity index (χ1) is 20.4. The van der Waals surface area contributed by atoms with Gasteiger partial charge in [0.15, 0.2) is 5.82 Å². The van der Waals surface area contributed by atoms with Crippen LogP contribution in [-0.2, 0) is 19.9 Å². The van der Waals surface area contributed by atoms with E-state index in [1.807, 2.05) is 36.1 Å². The Balaban J connectivity index is 1.28. The van der Waals surface area contributed by atoms with Crippen LogP contribution >= 0.6 is 0 Å². The maximum absolute atomic E-state index is 14.7. The van der Waals surface area contributed by atoms with Gasteiger partial charge >= 0.3 is 0 Å². The molecule has 216 valence electrons. The van der Waals surface area contributed by atoms with Crippen LogP contribution in [0.3, 0.4) is 0 Å². The number of rotatable bonds is 9. The van der Waals surface area contributed by atoms with E-state index < -0.39 is 0 Å². The Labute approximate surface area is 244 Å². The number of nitrogens with zero attached hydrogens (tertiary/aromatic N) is 6. The third-order valence-electron chi connectivity index (χ3n) is 8.06. The second-order valence-corrected chi connectivity index (χ2v) is 11.1. The average Bonchev–Trinajstić information content (AvgIpc) is 3.78. The van der Waals surface area contributed by atoms with E-state index in [9.17, 15) is 4.39 Å². The predicted molar refractivity (Wildman–Crippen MR) is 166 cm³/mol. The summed E-state index contributed by atoms with van der Waals surface area (Å²) >= 11 is 0. The predicted octanol–water partition coefficient (Wildman–Crippen LogP) is 4.77. The van der Waals surface area contributed by atoms with Gasteiger partial charge in [0.2, 0.25) is 0 Å². The number of fused-ring (bicyclic) bond motifs is 1. The summed E-state index contributed by atoms with van der Waals surface area (Å²) in [4.78, 5) is 15.3. The average molecular weight is 565 g/mol. The number of aromatic amines is 2. The lowest BCUT2D eigenvalue weighted by molar-refractivity contribution is 0.334. The number of benzene rings is 1. The van der Waals surface area contributed by atoms with Crippen molar-refractivity contribution in [1.29, 1.82) is 0 Å². The minimum Gasteiger partial charge on any atom is -0.336 e. The van der Waals surface area contributed by atoms with Crippen LogP contribution in [0.1, 0.15) is 49.9 Å². The third-order valence-corrected chi connectivity index (χ3v) is 8.06. The zero-order valence-electron chi connectivity index (χ0n) is 24.5. The second-order valence-electron chi connectivity index (χ2n) is 11.1. The molecular formula is C33H37FN8. The highest BCUT2D eigenvalue weighted by molar-refractivity contribution is 5.91. The number of hydrogen-bond donors (Lipinski definition) is 2. The number of aryl methyl sites for hydroxylation is 3. The molecule has 0 saturated carbocycles. The molecule has 6 rings (SSSR count). The SMILES string of the molecule is C=c1c(-c2nc3c(-c4cc(F)cc(CCCN5CCCC5)c4)nccc3[nH]2)n[nH]/c1=C/C=C(\C)c1cn(C)nc1CC. The molecule has 0 unspecified atom stereocenters. The molecule has 0 bridgehead atoms. The first-order valence-corrected chi connectivity index (χ1v) is 14.7. The first kappa shape index (κ1) is 27.8. The summed E-state index contributed by atoms with van der Waals surface area (Å²) in [5, 5.41) is 13.7. The maximum atomic E-state index is 14.7. The summed E-state index contributed by atoms with van der Waals surface area (Å²) in [6.45, 7) is 11.9. The number of halogens is 1. The smallest absolute Gasteiger partial charge is 0.159 e. The highest BCUT2D eigenvalue weighted by Crippen LogP contribution is 2.28. The molecule has 1 aromatic carbocycles. The molecule has 42 heavy (non-hydrogen) atoms. The number of imidazole rings is 1. The first-order valence-electron chi connectivity index (χ1n) is 14.7. The van der Waals surface area contributed by atoms with E-state index in [0.29, 0.717) is 22.7 Å². The van der Waals surface area contributed by atoms with Gasteiger partial charge in [0.25, 0.3) is 0 Å². The highest BCUT2D eigenvalue weighted by atomic mass is 19.1. The molecule has 0 radical (unpaired) electrons. The fourth-order valence-corrected chi connectivity index (χ4v) is 5.84. The maximum Gasteiger partial charge on any atom is 0.159 e. The lowest BCUT2D eigenvalue weighted by Crippen LogP contribution is -2.21. The molecule has 0 atom stereocenters. The molecule has 8 nitrogen and oxygen atoms in total. The Hall–Kier alpha value is -4.37. The Morgan fingerprint density at radius 3 is 2.81 bits per heavy atom. The van der Waals surface area contributed by atoms with Gasteiger partial charge in [-0.2, -0.15) is 10.2 Å². The van der Waals surface area contributed by atoms with E-state index in [4.69, 9.17) is 4.98 Å². The van der Waals surface area contributed by atoms with E-state index in [-0.39, 0.29) is 5.82 Å². The van der Waals surface area contributed by atoms with Crippen molar-refractivity contribution in [3.05, 3.63) is 75.9 Å². The van der Waals surface area contributed by atoms with E-state index in [0.717, 1.165) is 69.8 Å². The summed E-state index contributed by atoms with van der Waals surface area (Å²) in [6, 6.07) is 7.08. The summed E-state index contributed by atoms with van der Waals surface area (Å²) in [7, 11) is 1.94. The number of aromatic nitrogens is 7. The monoisotopic (exact) mass is 564 g/mol. The van der Waals surface area contributed by atoms with Crippen molar-refractivity contribution in [3.8, 4) is 22.8 Å². The van der Waals surface area contributed by atoms with Crippen molar-refractivity contribution >= 4 is 29.3 Å². The molecule has 1 saturated heterocycles. The van der Waals surface area contributed by atoms with E-state index in [1.165, 1.54) is 32.0 Å². The van der Waals surface area contributed by atoms with E-state index in [2.05, 4.69) is 56.7 Å². The van der Waals surface area contributed by atoms with Crippen molar-refractivity contribution in [2.45, 2.75) is 46.0 Å². The molecule has 0 aliphatic carbocycles. The van der Waals surface area contributed by atoms with Crippen molar-refractivity contribution in [2.24, 2.45) is 7.05 Å². The molecule has 0 amide bonds. The lowest BCUT2D eigenvalue weighted by Gasteiger charge is -2.14. The number of nitrogens with one attached hydrogen (secondary N) is 2. The Kier molecular flexibility index (Phi) is 7.84. The van der Waals surface area contributed by atoms with Gasteiger partial charge in [-0.1, -0.05) is 19.6 Å². The molecular weight excluding hydrogens is 527 g/mol. The highest BCUT2D eigenvalue weighted by Gasteiger charge is 2.16. The number of allylic oxidation sites excluding steroid dienone is 2. The third kappa shape index (κ3) is 5.69. The van der Waals surface area contributed by atoms with Crippen LogP contribution in [0.5, 0.6) is 0 Å². The molecule has 9 heteroatoms. The van der Waals surface area contributed by atoms with Gasteiger partial charge in [0.05, 0.1) is 22.3 Å². The number of H-pyrrole nitrogens is 2. The minimum atomic E-state index is -0.258. The van der Waals surface area contributed by atoms with Crippen LogP contribution in [0.2, 0.25) is 0 Å². The fourth-order valence-electron chi connectivity index (χ4n) is 5.84. The zero-order chi connectivity index (χ0) is 29.2. The van der Waals surface area contributed by atoms with Crippen molar-refractivity contribution < 1.29 is 4.39 Å². The second kappa shape index (κ2) is 11.9. The van der Waals surface area contributed by atoms with Crippen LogP contribution in [0, 0.1) is 5.82 Å². The van der Waals surface area contributed by atoms with Gasteiger partial charge in [0, 0.05) is 35.8 Å². The molecule has 1 fully saturated rings. The molecule has 1 aliphatic rings. The summed E-state index contributed by atoms with van der Waals surface area (Å²) in [6.07, 6.45) is 13.1. The Morgan fingerprint density at radius 1 is 1.17 bits per heavy atom. The Morgan fingerprint density at radius 2 is 2.00 bits per heavy atom. The van der Waals surface area contributed by atoms with Gasteiger partial charge in [-0.05, 0) is 100 Å². The van der Waals surface area contributed by atoms with Crippen LogP contribution < -0.4 is 10.6 Å². The zero-order valence-corrected chi connectivity index (χ0v) is 24.5.